The van der Waals surface area contributed by atoms with Gasteiger partial charge in [0.25, 0.3) is 0 Å². The number of primary amides is 1. The molecule has 4 bridgehead atoms. The molecule has 4 aromatic rings. The Hall–Kier alpha value is -4.33. The number of pyridine rings is 1. The second kappa shape index (κ2) is 14.4. The van der Waals surface area contributed by atoms with Gasteiger partial charge in [-0.3, -0.25) is 4.79 Å². The Kier molecular flexibility index (Phi) is 10.5. The summed E-state index contributed by atoms with van der Waals surface area (Å²) in [6.45, 7) is 6.48. The fraction of sp³-hybridized carbons (Fsp3) is 0.441. The number of carbonyl (C=O) groups excluding carboxylic acids is 1. The van der Waals surface area contributed by atoms with Crippen molar-refractivity contribution in [2.45, 2.75) is 71.0 Å². The summed E-state index contributed by atoms with van der Waals surface area (Å²) < 4.78 is 50.4. The number of anilines is 2. The van der Waals surface area contributed by atoms with E-state index in [1.54, 1.807) is 12.4 Å². The molecule has 5 rings (SSSR count). The molecule has 0 spiro atoms. The summed E-state index contributed by atoms with van der Waals surface area (Å²) in [6.07, 6.45) is 3.43. The van der Waals surface area contributed by atoms with Crippen LogP contribution in [0.15, 0.2) is 66.0 Å². The third-order valence-electron chi connectivity index (χ3n) is 8.33. The number of hydrogen-bond acceptors (Lipinski definition) is 9. The standard InChI is InChI=1S/C34H41F3N8O2S/c1-32(2,31(38)46)21-44-18-10-6-5-7-12-23-13-8-9-14-24(23)29-30(39-20-25(40-29)43-48-28-16-11-15-26(44)41-28)45-19-17-27(42-45)47-22-33(3,4)34(35,36)37/h8-9,11,13-17,19-20H,5-7,10,12,18,21-22H2,1-4H3,(H2,38,46)(H,40,43). The molecular formula is C34H41F3N8O2S. The second-order valence-corrected chi connectivity index (χ2v) is 14.1. The van der Waals surface area contributed by atoms with Gasteiger partial charge in [0.2, 0.25) is 11.8 Å². The molecule has 48 heavy (non-hydrogen) atoms. The number of hydrogen-bond donors (Lipinski definition) is 2. The zero-order valence-electron chi connectivity index (χ0n) is 27.5. The van der Waals surface area contributed by atoms with E-state index in [9.17, 15) is 18.0 Å². The lowest BCUT2D eigenvalue weighted by Gasteiger charge is -2.31. The van der Waals surface area contributed by atoms with Gasteiger partial charge in [0.05, 0.1) is 17.0 Å². The minimum absolute atomic E-state index is 0.0517. The van der Waals surface area contributed by atoms with Gasteiger partial charge in [-0.05, 0) is 64.7 Å². The monoisotopic (exact) mass is 682 g/mol. The number of fused-ring (bicyclic) bond motifs is 6. The normalized spacial score (nSPS) is 14.9. The van der Waals surface area contributed by atoms with Crippen LogP contribution in [0.25, 0.3) is 17.1 Å². The molecule has 1 amide bonds. The van der Waals surface area contributed by atoms with Crippen molar-refractivity contribution < 1.29 is 22.7 Å². The van der Waals surface area contributed by atoms with Gasteiger partial charge in [-0.15, -0.1) is 5.10 Å². The van der Waals surface area contributed by atoms with Crippen molar-refractivity contribution in [3.05, 3.63) is 66.5 Å². The van der Waals surface area contributed by atoms with Gasteiger partial charge in [-0.2, -0.15) is 13.2 Å². The highest BCUT2D eigenvalue weighted by atomic mass is 32.2. The van der Waals surface area contributed by atoms with Crippen LogP contribution in [-0.4, -0.2) is 56.5 Å². The number of ether oxygens (including phenoxy) is 1. The van der Waals surface area contributed by atoms with Gasteiger partial charge in [0, 0.05) is 42.9 Å². The molecule has 256 valence electrons. The highest BCUT2D eigenvalue weighted by Gasteiger charge is 2.48. The van der Waals surface area contributed by atoms with Crippen molar-refractivity contribution in [3.8, 4) is 23.0 Å². The van der Waals surface area contributed by atoms with Crippen LogP contribution in [-0.2, 0) is 11.2 Å². The first-order chi connectivity index (χ1) is 22.7. The van der Waals surface area contributed by atoms with E-state index in [2.05, 4.69) is 20.8 Å². The molecule has 10 nitrogen and oxygen atoms in total. The molecule has 0 radical (unpaired) electrons. The predicted octanol–water partition coefficient (Wildman–Crippen LogP) is 7.25. The lowest BCUT2D eigenvalue weighted by Crippen LogP contribution is -2.43. The fourth-order valence-electron chi connectivity index (χ4n) is 5.13. The number of halogens is 3. The number of amides is 1. The summed E-state index contributed by atoms with van der Waals surface area (Å²) in [5.74, 6) is 1.33. The molecule has 0 atom stereocenters. The SMILES string of the molecule is CC(C)(CN1CCCCCCc2ccccc2-c2nc(cnc2-n2ccc(OCC(C)(C)C(F)(F)F)n2)NSc2cccc1n2)C(N)=O. The summed E-state index contributed by atoms with van der Waals surface area (Å²) in [6, 6.07) is 15.3. The van der Waals surface area contributed by atoms with Crippen molar-refractivity contribution in [1.29, 1.82) is 0 Å². The van der Waals surface area contributed by atoms with Crippen LogP contribution in [0.5, 0.6) is 5.88 Å². The Labute approximate surface area is 282 Å². The molecule has 0 fully saturated rings. The molecule has 0 unspecified atom stereocenters. The van der Waals surface area contributed by atoms with E-state index in [0.29, 0.717) is 28.9 Å². The molecular weight excluding hydrogens is 641 g/mol. The number of benzene rings is 1. The number of nitrogens with one attached hydrogen (secondary N) is 1. The van der Waals surface area contributed by atoms with Crippen molar-refractivity contribution >= 4 is 29.5 Å². The van der Waals surface area contributed by atoms with Gasteiger partial charge >= 0.3 is 6.18 Å². The van der Waals surface area contributed by atoms with Gasteiger partial charge in [0.1, 0.15) is 23.1 Å². The zero-order chi connectivity index (χ0) is 34.5. The second-order valence-electron chi connectivity index (χ2n) is 13.2. The maximum absolute atomic E-state index is 13.4. The summed E-state index contributed by atoms with van der Waals surface area (Å²) in [7, 11) is 0. The van der Waals surface area contributed by atoms with E-state index >= 15 is 0 Å². The Morgan fingerprint density at radius 1 is 1.00 bits per heavy atom. The van der Waals surface area contributed by atoms with Gasteiger partial charge < -0.3 is 20.1 Å². The number of rotatable bonds is 7. The largest absolute Gasteiger partial charge is 0.476 e. The topological polar surface area (TPSA) is 124 Å². The lowest BCUT2D eigenvalue weighted by atomic mass is 9.91. The molecule has 1 aliphatic heterocycles. The average Bonchev–Trinajstić information content (AvgIpc) is 3.52. The predicted molar refractivity (Wildman–Crippen MR) is 181 cm³/mol. The molecule has 4 heterocycles. The van der Waals surface area contributed by atoms with Crippen molar-refractivity contribution in [1.82, 2.24) is 24.7 Å². The summed E-state index contributed by atoms with van der Waals surface area (Å²) in [5, 5.41) is 5.10. The Bertz CT molecular complexity index is 1730. The van der Waals surface area contributed by atoms with Crippen LogP contribution >= 0.6 is 11.9 Å². The summed E-state index contributed by atoms with van der Waals surface area (Å²) >= 11 is 1.28. The van der Waals surface area contributed by atoms with Gasteiger partial charge in [-0.25, -0.2) is 19.6 Å². The molecule has 0 saturated carbocycles. The molecule has 3 N–H and O–H groups in total. The molecule has 14 heteroatoms. The van der Waals surface area contributed by atoms with E-state index in [1.807, 2.05) is 50.2 Å². The smallest absolute Gasteiger partial charge is 0.397 e. The summed E-state index contributed by atoms with van der Waals surface area (Å²) in [5.41, 5.74) is 5.48. The number of nitrogens with zero attached hydrogens (tertiary/aromatic N) is 6. The van der Waals surface area contributed by atoms with Crippen molar-refractivity contribution in [3.63, 3.8) is 0 Å². The maximum Gasteiger partial charge on any atom is 0.397 e. The minimum atomic E-state index is -4.42. The average molecular weight is 683 g/mol. The van der Waals surface area contributed by atoms with E-state index in [1.165, 1.54) is 22.7 Å². The van der Waals surface area contributed by atoms with Crippen molar-refractivity contribution in [2.24, 2.45) is 16.6 Å². The highest BCUT2D eigenvalue weighted by molar-refractivity contribution is 8.00. The number of carbonyl (C=O) groups is 1. The van der Waals surface area contributed by atoms with Crippen LogP contribution in [0.4, 0.5) is 24.8 Å². The zero-order valence-corrected chi connectivity index (χ0v) is 28.4. The number of nitrogens with two attached hydrogens (primary N) is 1. The first-order valence-electron chi connectivity index (χ1n) is 15.9. The Morgan fingerprint density at radius 2 is 1.77 bits per heavy atom. The van der Waals surface area contributed by atoms with Crippen molar-refractivity contribution in [2.75, 3.05) is 29.3 Å². The van der Waals surface area contributed by atoms with Crippen LogP contribution < -0.4 is 20.1 Å². The van der Waals surface area contributed by atoms with Crippen LogP contribution in [0.3, 0.4) is 0 Å². The molecule has 0 saturated heterocycles. The molecule has 1 aromatic carbocycles. The first kappa shape index (κ1) is 35.0. The van der Waals surface area contributed by atoms with E-state index in [0.717, 1.165) is 69.4 Å². The molecule has 0 aliphatic carbocycles. The third-order valence-corrected chi connectivity index (χ3v) is 9.07. The van der Waals surface area contributed by atoms with Gasteiger partial charge in [0.15, 0.2) is 11.6 Å². The minimum Gasteiger partial charge on any atom is -0.476 e. The Morgan fingerprint density at radius 3 is 2.54 bits per heavy atom. The van der Waals surface area contributed by atoms with E-state index in [4.69, 9.17) is 25.4 Å². The maximum atomic E-state index is 13.4. The van der Waals surface area contributed by atoms with Crippen LogP contribution in [0.2, 0.25) is 0 Å². The van der Waals surface area contributed by atoms with Crippen LogP contribution in [0, 0.1) is 10.8 Å². The quantitative estimate of drug-likeness (QED) is 0.194. The molecule has 3 aromatic heterocycles. The third kappa shape index (κ3) is 8.38. The number of aromatic nitrogens is 5. The van der Waals surface area contributed by atoms with E-state index < -0.39 is 23.6 Å². The summed E-state index contributed by atoms with van der Waals surface area (Å²) in [4.78, 5) is 28.8. The first-order valence-corrected chi connectivity index (χ1v) is 16.7. The fourth-order valence-corrected chi connectivity index (χ4v) is 5.72. The number of aryl methyl sites for hydroxylation is 1. The highest BCUT2D eigenvalue weighted by Crippen LogP contribution is 2.38. The lowest BCUT2D eigenvalue weighted by molar-refractivity contribution is -0.219. The number of alkyl halides is 3. The van der Waals surface area contributed by atoms with Gasteiger partial charge in [-0.1, -0.05) is 43.2 Å². The molecule has 1 aliphatic rings. The van der Waals surface area contributed by atoms with Crippen LogP contribution in [0.1, 0.15) is 58.9 Å². The Balaban J connectivity index is 1.47. The van der Waals surface area contributed by atoms with E-state index in [-0.39, 0.29) is 11.8 Å².